The van der Waals surface area contributed by atoms with E-state index >= 15 is 0 Å². The Balaban J connectivity index is 1.75. The maximum Gasteiger partial charge on any atom is 0.306 e. The van der Waals surface area contributed by atoms with Crippen molar-refractivity contribution in [3.05, 3.63) is 47.5 Å². The van der Waals surface area contributed by atoms with Crippen molar-refractivity contribution in [3.63, 3.8) is 0 Å². The lowest BCUT2D eigenvalue weighted by molar-refractivity contribution is -0.147. The third-order valence-corrected chi connectivity index (χ3v) is 4.39. The van der Waals surface area contributed by atoms with Gasteiger partial charge in [0.05, 0.1) is 26.3 Å². The third-order valence-electron chi connectivity index (χ3n) is 4.39. The van der Waals surface area contributed by atoms with Gasteiger partial charge in [0.15, 0.2) is 6.61 Å². The van der Waals surface area contributed by atoms with E-state index in [1.165, 1.54) is 14.2 Å². The predicted molar refractivity (Wildman–Crippen MR) is 113 cm³/mol. The van der Waals surface area contributed by atoms with Gasteiger partial charge in [-0.25, -0.2) is 0 Å². The Morgan fingerprint density at radius 3 is 2.27 bits per heavy atom. The second kappa shape index (κ2) is 10.8. The van der Waals surface area contributed by atoms with E-state index < -0.39 is 18.5 Å². The highest BCUT2D eigenvalue weighted by atomic mass is 16.5. The van der Waals surface area contributed by atoms with Crippen molar-refractivity contribution in [1.29, 1.82) is 0 Å². The standard InChI is InChI=1S/C22H26N2O6/c1-14-5-6-16(11-15(14)2)23-20(25)9-10-22(27)30-13-21(26)24-18-8-7-17(28-3)12-19(18)29-4/h5-8,11-12H,9-10,13H2,1-4H3,(H,23,25)(H,24,26). The molecule has 0 heterocycles. The molecule has 0 unspecified atom stereocenters. The molecule has 0 aromatic heterocycles. The Hall–Kier alpha value is -3.55. The molecule has 0 bridgehead atoms. The molecule has 2 aromatic carbocycles. The molecule has 2 amide bonds. The SMILES string of the molecule is COc1ccc(NC(=O)COC(=O)CCC(=O)Nc2ccc(C)c(C)c2)c(OC)c1. The Morgan fingerprint density at radius 1 is 0.833 bits per heavy atom. The molecule has 8 nitrogen and oxygen atoms in total. The summed E-state index contributed by atoms with van der Waals surface area (Å²) < 4.78 is 15.2. The van der Waals surface area contributed by atoms with Gasteiger partial charge in [-0.2, -0.15) is 0 Å². The van der Waals surface area contributed by atoms with Crippen molar-refractivity contribution < 1.29 is 28.6 Å². The van der Waals surface area contributed by atoms with Crippen LogP contribution in [0.4, 0.5) is 11.4 Å². The van der Waals surface area contributed by atoms with Gasteiger partial charge in [-0.15, -0.1) is 0 Å². The predicted octanol–water partition coefficient (Wildman–Crippen LogP) is 3.22. The number of hydrogen-bond donors (Lipinski definition) is 2. The van der Waals surface area contributed by atoms with E-state index in [1.807, 2.05) is 26.0 Å². The molecule has 0 aliphatic rings. The van der Waals surface area contributed by atoms with E-state index in [1.54, 1.807) is 24.3 Å². The van der Waals surface area contributed by atoms with Crippen LogP contribution in [0.3, 0.4) is 0 Å². The summed E-state index contributed by atoms with van der Waals surface area (Å²) in [6.07, 6.45) is -0.171. The lowest BCUT2D eigenvalue weighted by Gasteiger charge is -2.12. The van der Waals surface area contributed by atoms with Crippen LogP contribution in [0.2, 0.25) is 0 Å². The highest BCUT2D eigenvalue weighted by molar-refractivity contribution is 5.95. The molecule has 0 spiro atoms. The van der Waals surface area contributed by atoms with E-state index in [4.69, 9.17) is 14.2 Å². The normalized spacial score (nSPS) is 10.1. The fraction of sp³-hybridized carbons (Fsp3) is 0.318. The largest absolute Gasteiger partial charge is 0.497 e. The van der Waals surface area contributed by atoms with Gasteiger partial charge < -0.3 is 24.8 Å². The van der Waals surface area contributed by atoms with Crippen LogP contribution in [0.15, 0.2) is 36.4 Å². The number of carbonyl (C=O) groups is 3. The average molecular weight is 414 g/mol. The second-order valence-electron chi connectivity index (χ2n) is 6.62. The highest BCUT2D eigenvalue weighted by Crippen LogP contribution is 2.28. The maximum atomic E-state index is 12.0. The quantitative estimate of drug-likeness (QED) is 0.611. The maximum absolute atomic E-state index is 12.0. The van der Waals surface area contributed by atoms with E-state index in [0.29, 0.717) is 22.9 Å². The number of nitrogens with one attached hydrogen (secondary N) is 2. The van der Waals surface area contributed by atoms with Crippen LogP contribution in [0, 0.1) is 13.8 Å². The number of esters is 1. The van der Waals surface area contributed by atoms with Crippen LogP contribution in [-0.2, 0) is 19.1 Å². The van der Waals surface area contributed by atoms with Crippen molar-refractivity contribution >= 4 is 29.2 Å². The second-order valence-corrected chi connectivity index (χ2v) is 6.62. The highest BCUT2D eigenvalue weighted by Gasteiger charge is 2.13. The van der Waals surface area contributed by atoms with Crippen molar-refractivity contribution in [2.75, 3.05) is 31.5 Å². The number of carbonyl (C=O) groups excluding carboxylic acids is 3. The number of hydrogen-bond acceptors (Lipinski definition) is 6. The summed E-state index contributed by atoms with van der Waals surface area (Å²) in [6, 6.07) is 10.5. The summed E-state index contributed by atoms with van der Waals surface area (Å²) in [6.45, 7) is 3.47. The molecule has 0 fully saturated rings. The number of amides is 2. The molecule has 30 heavy (non-hydrogen) atoms. The van der Waals surface area contributed by atoms with Gasteiger partial charge >= 0.3 is 5.97 Å². The van der Waals surface area contributed by atoms with Gasteiger partial charge in [-0.1, -0.05) is 6.07 Å². The van der Waals surface area contributed by atoms with Crippen LogP contribution in [0.5, 0.6) is 11.5 Å². The fourth-order valence-corrected chi connectivity index (χ4v) is 2.56. The van der Waals surface area contributed by atoms with Gasteiger partial charge in [-0.3, -0.25) is 14.4 Å². The Morgan fingerprint density at radius 2 is 1.60 bits per heavy atom. The Labute approximate surface area is 175 Å². The Kier molecular flexibility index (Phi) is 8.22. The zero-order valence-corrected chi connectivity index (χ0v) is 17.5. The number of rotatable bonds is 9. The number of anilines is 2. The van der Waals surface area contributed by atoms with E-state index in [-0.39, 0.29) is 18.7 Å². The summed E-state index contributed by atoms with van der Waals surface area (Å²) >= 11 is 0. The topological polar surface area (TPSA) is 103 Å². The first-order chi connectivity index (χ1) is 14.3. The number of aryl methyl sites for hydroxylation is 2. The molecular weight excluding hydrogens is 388 g/mol. The minimum atomic E-state index is -0.637. The van der Waals surface area contributed by atoms with Crippen LogP contribution >= 0.6 is 0 Å². The first-order valence-electron chi connectivity index (χ1n) is 9.37. The Bertz CT molecular complexity index is 926. The summed E-state index contributed by atoms with van der Waals surface area (Å²) in [7, 11) is 2.99. The van der Waals surface area contributed by atoms with Gasteiger partial charge in [-0.05, 0) is 49.2 Å². The minimum Gasteiger partial charge on any atom is -0.497 e. The molecular formula is C22H26N2O6. The summed E-state index contributed by atoms with van der Waals surface area (Å²) in [5.41, 5.74) is 3.28. The summed E-state index contributed by atoms with van der Waals surface area (Å²) in [5, 5.41) is 5.33. The lowest BCUT2D eigenvalue weighted by atomic mass is 10.1. The minimum absolute atomic E-state index is 0.0420. The fourth-order valence-electron chi connectivity index (χ4n) is 2.56. The van der Waals surface area contributed by atoms with E-state index in [2.05, 4.69) is 10.6 Å². The van der Waals surface area contributed by atoms with Crippen LogP contribution < -0.4 is 20.1 Å². The molecule has 0 saturated carbocycles. The number of ether oxygens (including phenoxy) is 3. The van der Waals surface area contributed by atoms with Gasteiger partial charge in [0.1, 0.15) is 11.5 Å². The molecule has 0 atom stereocenters. The van der Waals surface area contributed by atoms with Crippen molar-refractivity contribution in [2.45, 2.75) is 26.7 Å². The number of methoxy groups -OCH3 is 2. The molecule has 2 N–H and O–H groups in total. The van der Waals surface area contributed by atoms with E-state index in [0.717, 1.165) is 11.1 Å². The average Bonchev–Trinajstić information content (AvgIpc) is 2.73. The molecule has 2 rings (SSSR count). The summed E-state index contributed by atoms with van der Waals surface area (Å²) in [4.78, 5) is 35.9. The monoisotopic (exact) mass is 414 g/mol. The van der Waals surface area contributed by atoms with Gasteiger partial charge in [0.2, 0.25) is 5.91 Å². The van der Waals surface area contributed by atoms with Crippen molar-refractivity contribution in [2.24, 2.45) is 0 Å². The first-order valence-corrected chi connectivity index (χ1v) is 9.37. The van der Waals surface area contributed by atoms with Crippen molar-refractivity contribution in [1.82, 2.24) is 0 Å². The summed E-state index contributed by atoms with van der Waals surface area (Å²) in [5.74, 6) is -0.469. The zero-order chi connectivity index (χ0) is 22.1. The molecule has 2 aromatic rings. The smallest absolute Gasteiger partial charge is 0.306 e. The van der Waals surface area contributed by atoms with Crippen LogP contribution in [-0.4, -0.2) is 38.6 Å². The van der Waals surface area contributed by atoms with Crippen LogP contribution in [0.1, 0.15) is 24.0 Å². The lowest BCUT2D eigenvalue weighted by Crippen LogP contribution is -2.22. The third kappa shape index (κ3) is 6.80. The molecule has 8 heteroatoms. The molecule has 0 radical (unpaired) electrons. The zero-order valence-electron chi connectivity index (χ0n) is 17.5. The molecule has 0 aliphatic heterocycles. The van der Waals surface area contributed by atoms with Crippen LogP contribution in [0.25, 0.3) is 0 Å². The van der Waals surface area contributed by atoms with Crippen molar-refractivity contribution in [3.8, 4) is 11.5 Å². The van der Waals surface area contributed by atoms with E-state index in [9.17, 15) is 14.4 Å². The molecule has 160 valence electrons. The van der Waals surface area contributed by atoms with Gasteiger partial charge in [0, 0.05) is 18.2 Å². The molecule has 0 saturated heterocycles. The van der Waals surface area contributed by atoms with Gasteiger partial charge in [0.25, 0.3) is 5.91 Å². The molecule has 0 aliphatic carbocycles. The number of benzene rings is 2. The first kappa shape index (κ1) is 22.7.